The van der Waals surface area contributed by atoms with E-state index >= 15 is 0 Å². The number of carboxylic acid groups (broad SMARTS) is 1. The van der Waals surface area contributed by atoms with Crippen molar-refractivity contribution in [3.8, 4) is 0 Å². The number of rotatable bonds is 6. The number of aliphatic hydroxyl groups is 1. The molecule has 2 amide bonds. The fraction of sp³-hybridized carbons (Fsp3) is 0.385. The molecule has 0 unspecified atom stereocenters. The lowest BCUT2D eigenvalue weighted by Gasteiger charge is -2.25. The van der Waals surface area contributed by atoms with E-state index in [1.807, 2.05) is 6.07 Å². The first-order valence-electron chi connectivity index (χ1n) is 5.98. The van der Waals surface area contributed by atoms with Gasteiger partial charge in [-0.25, -0.2) is 9.86 Å². The molecule has 0 spiro atoms. The Morgan fingerprint density at radius 2 is 1.95 bits per heavy atom. The highest BCUT2D eigenvalue weighted by Crippen LogP contribution is 2.08. The second-order valence-electron chi connectivity index (χ2n) is 4.21. The maximum atomic E-state index is 11.8. The van der Waals surface area contributed by atoms with E-state index in [9.17, 15) is 14.7 Å². The van der Waals surface area contributed by atoms with Crippen LogP contribution < -0.4 is 5.32 Å². The summed E-state index contributed by atoms with van der Waals surface area (Å²) >= 11 is 0. The molecule has 0 fully saturated rings. The minimum Gasteiger partial charge on any atom is -0.465 e. The van der Waals surface area contributed by atoms with Crippen LogP contribution >= 0.6 is 0 Å². The van der Waals surface area contributed by atoms with E-state index in [1.165, 1.54) is 14.2 Å². The summed E-state index contributed by atoms with van der Waals surface area (Å²) in [6.45, 7) is 0. The van der Waals surface area contributed by atoms with Crippen molar-refractivity contribution in [2.75, 3.05) is 14.2 Å². The van der Waals surface area contributed by atoms with Gasteiger partial charge in [-0.3, -0.25) is 9.63 Å². The van der Waals surface area contributed by atoms with Gasteiger partial charge in [-0.05, 0) is 12.0 Å². The normalized spacial score (nSPS) is 13.3. The van der Waals surface area contributed by atoms with Crippen LogP contribution in [-0.2, 0) is 16.1 Å². The molecule has 110 valence electrons. The van der Waals surface area contributed by atoms with Crippen LogP contribution in [0.2, 0.25) is 0 Å². The van der Waals surface area contributed by atoms with Gasteiger partial charge in [0.2, 0.25) is 0 Å². The number of amides is 2. The molecule has 0 radical (unpaired) electrons. The van der Waals surface area contributed by atoms with Gasteiger partial charge in [-0.2, -0.15) is 0 Å². The molecule has 1 aromatic carbocycles. The SMILES string of the molecule is CON(C)C(=O)[C@H](O)[C@H](Cc1ccccc1)NC(=O)O. The zero-order chi connectivity index (χ0) is 15.1. The minimum atomic E-state index is -1.53. The highest BCUT2D eigenvalue weighted by molar-refractivity contribution is 5.81. The largest absolute Gasteiger partial charge is 0.465 e. The number of aliphatic hydroxyl groups excluding tert-OH is 1. The second kappa shape index (κ2) is 7.46. The van der Waals surface area contributed by atoms with E-state index in [2.05, 4.69) is 10.2 Å². The molecule has 0 aromatic heterocycles. The third-order valence-corrected chi connectivity index (χ3v) is 2.83. The molecule has 1 rings (SSSR count). The van der Waals surface area contributed by atoms with Crippen molar-refractivity contribution in [1.82, 2.24) is 10.4 Å². The lowest BCUT2D eigenvalue weighted by atomic mass is 10.0. The first-order chi connectivity index (χ1) is 9.45. The van der Waals surface area contributed by atoms with Gasteiger partial charge in [-0.15, -0.1) is 0 Å². The predicted octanol–water partition coefficient (Wildman–Crippen LogP) is 0.246. The van der Waals surface area contributed by atoms with Gasteiger partial charge >= 0.3 is 6.09 Å². The van der Waals surface area contributed by atoms with Crippen molar-refractivity contribution in [2.24, 2.45) is 0 Å². The second-order valence-corrected chi connectivity index (χ2v) is 4.21. The minimum absolute atomic E-state index is 0.192. The number of nitrogens with zero attached hydrogens (tertiary/aromatic N) is 1. The highest BCUT2D eigenvalue weighted by atomic mass is 16.7. The summed E-state index contributed by atoms with van der Waals surface area (Å²) < 4.78 is 0. The van der Waals surface area contributed by atoms with Crippen LogP contribution in [0, 0.1) is 0 Å². The van der Waals surface area contributed by atoms with E-state index in [4.69, 9.17) is 5.11 Å². The van der Waals surface area contributed by atoms with Crippen molar-refractivity contribution in [1.29, 1.82) is 0 Å². The van der Waals surface area contributed by atoms with Crippen LogP contribution in [0.5, 0.6) is 0 Å². The Labute approximate surface area is 116 Å². The van der Waals surface area contributed by atoms with Gasteiger partial charge in [0, 0.05) is 7.05 Å². The molecule has 0 aliphatic heterocycles. The van der Waals surface area contributed by atoms with E-state index < -0.39 is 24.1 Å². The van der Waals surface area contributed by atoms with Crippen molar-refractivity contribution >= 4 is 12.0 Å². The molecule has 7 nitrogen and oxygen atoms in total. The molecule has 0 aliphatic carbocycles. The molecule has 1 aromatic rings. The summed E-state index contributed by atoms with van der Waals surface area (Å²) in [5, 5.41) is 21.8. The molecular weight excluding hydrogens is 264 g/mol. The Bertz CT molecular complexity index is 451. The Kier molecular flexibility index (Phi) is 5.95. The maximum Gasteiger partial charge on any atom is 0.404 e. The van der Waals surface area contributed by atoms with Crippen LogP contribution in [0.3, 0.4) is 0 Å². The topological polar surface area (TPSA) is 99.1 Å². The van der Waals surface area contributed by atoms with Gasteiger partial charge in [-0.1, -0.05) is 30.3 Å². The number of hydrogen-bond donors (Lipinski definition) is 3. The number of likely N-dealkylation sites (N-methyl/N-ethyl adjacent to an activating group) is 1. The summed E-state index contributed by atoms with van der Waals surface area (Å²) in [6, 6.07) is 8.02. The smallest absolute Gasteiger partial charge is 0.404 e. The van der Waals surface area contributed by atoms with Gasteiger partial charge in [0.1, 0.15) is 0 Å². The molecule has 2 atom stereocenters. The Morgan fingerprint density at radius 3 is 2.45 bits per heavy atom. The zero-order valence-corrected chi connectivity index (χ0v) is 11.3. The first kappa shape index (κ1) is 15.9. The molecule has 3 N–H and O–H groups in total. The summed E-state index contributed by atoms with van der Waals surface area (Å²) in [6.07, 6.45) is -2.65. The lowest BCUT2D eigenvalue weighted by molar-refractivity contribution is -0.179. The first-order valence-corrected chi connectivity index (χ1v) is 5.98. The number of benzene rings is 1. The van der Waals surface area contributed by atoms with Crippen LogP contribution in [0.25, 0.3) is 0 Å². The third-order valence-electron chi connectivity index (χ3n) is 2.83. The molecular formula is C13H18N2O5. The van der Waals surface area contributed by atoms with Gasteiger partial charge < -0.3 is 15.5 Å². The summed E-state index contributed by atoms with van der Waals surface area (Å²) in [5.41, 5.74) is 0.804. The van der Waals surface area contributed by atoms with Crippen LogP contribution in [0.4, 0.5) is 4.79 Å². The fourth-order valence-electron chi connectivity index (χ4n) is 1.72. The standard InChI is InChI=1S/C13H18N2O5/c1-15(20-2)12(17)11(16)10(14-13(18)19)8-9-6-4-3-5-7-9/h3-7,10-11,14,16H,8H2,1-2H3,(H,18,19)/t10-,11+/m0/s1. The molecule has 0 saturated carbocycles. The molecule has 0 bridgehead atoms. The van der Waals surface area contributed by atoms with Crippen molar-refractivity contribution < 1.29 is 24.6 Å². The Balaban J connectivity index is 2.83. The number of nitrogens with one attached hydrogen (secondary N) is 1. The average molecular weight is 282 g/mol. The number of carbonyl (C=O) groups is 2. The molecule has 7 heteroatoms. The highest BCUT2D eigenvalue weighted by Gasteiger charge is 2.30. The monoisotopic (exact) mass is 282 g/mol. The van der Waals surface area contributed by atoms with Crippen LogP contribution in [0.15, 0.2) is 30.3 Å². The zero-order valence-electron chi connectivity index (χ0n) is 11.3. The Morgan fingerprint density at radius 1 is 1.35 bits per heavy atom. The molecule has 0 saturated heterocycles. The van der Waals surface area contributed by atoms with E-state index in [-0.39, 0.29) is 6.42 Å². The van der Waals surface area contributed by atoms with Crippen molar-refractivity contribution in [3.05, 3.63) is 35.9 Å². The quantitative estimate of drug-likeness (QED) is 0.649. The predicted molar refractivity (Wildman–Crippen MR) is 70.9 cm³/mol. The van der Waals surface area contributed by atoms with Crippen molar-refractivity contribution in [2.45, 2.75) is 18.6 Å². The molecule has 20 heavy (non-hydrogen) atoms. The fourth-order valence-corrected chi connectivity index (χ4v) is 1.72. The summed E-state index contributed by atoms with van der Waals surface area (Å²) in [5.74, 6) is -0.720. The molecule has 0 heterocycles. The van der Waals surface area contributed by atoms with Gasteiger partial charge in [0.15, 0.2) is 6.10 Å². The lowest BCUT2D eigenvalue weighted by Crippen LogP contribution is -2.51. The third kappa shape index (κ3) is 4.52. The van der Waals surface area contributed by atoms with Gasteiger partial charge in [0.05, 0.1) is 13.2 Å². The number of hydroxylamine groups is 2. The van der Waals surface area contributed by atoms with Crippen molar-refractivity contribution in [3.63, 3.8) is 0 Å². The van der Waals surface area contributed by atoms with Crippen LogP contribution in [-0.4, -0.2) is 53.6 Å². The average Bonchev–Trinajstić information content (AvgIpc) is 2.44. The van der Waals surface area contributed by atoms with Gasteiger partial charge in [0.25, 0.3) is 5.91 Å². The van der Waals surface area contributed by atoms with E-state index in [1.54, 1.807) is 24.3 Å². The summed E-state index contributed by atoms with van der Waals surface area (Å²) in [7, 11) is 2.62. The number of carbonyl (C=O) groups excluding carboxylic acids is 1. The molecule has 0 aliphatic rings. The maximum absolute atomic E-state index is 11.8. The van der Waals surface area contributed by atoms with E-state index in [0.717, 1.165) is 10.6 Å². The van der Waals surface area contributed by atoms with E-state index in [0.29, 0.717) is 0 Å². The summed E-state index contributed by atoms with van der Waals surface area (Å²) in [4.78, 5) is 27.3. The van der Waals surface area contributed by atoms with Crippen LogP contribution in [0.1, 0.15) is 5.56 Å². The Hall–Kier alpha value is -2.12. The number of hydrogen-bond acceptors (Lipinski definition) is 4.